The van der Waals surface area contributed by atoms with Gasteiger partial charge in [-0.05, 0) is 48.4 Å². The smallest absolute Gasteiger partial charge is 0.291 e. The summed E-state index contributed by atoms with van der Waals surface area (Å²) in [6.45, 7) is 0.573. The van der Waals surface area contributed by atoms with Crippen molar-refractivity contribution in [2.45, 2.75) is 25.7 Å². The van der Waals surface area contributed by atoms with Crippen LogP contribution >= 0.6 is 24.0 Å². The average molecular weight is 364 g/mol. The third kappa shape index (κ3) is 5.07. The molecule has 1 fully saturated rings. The number of rotatable bonds is 8. The van der Waals surface area contributed by atoms with Gasteiger partial charge in [0.25, 0.3) is 5.24 Å². The summed E-state index contributed by atoms with van der Waals surface area (Å²) in [5.41, 5.74) is 6.08. The maximum absolute atomic E-state index is 12.1. The first-order valence-electron chi connectivity index (χ1n) is 7.69. The molecule has 1 aliphatic rings. The number of methoxy groups -OCH3 is 1. The van der Waals surface area contributed by atoms with Crippen molar-refractivity contribution in [1.29, 1.82) is 0 Å². The summed E-state index contributed by atoms with van der Waals surface area (Å²) in [4.78, 5) is 25.8. The Hall–Kier alpha value is -1.86. The SMILES string of the molecule is COc1ccc(/C=C2\SC(=O)N(CCCCCC(N)=O)C2=S)cc1. The molecule has 1 aromatic carbocycles. The Bertz CT molecular complexity index is 656. The van der Waals surface area contributed by atoms with Gasteiger partial charge < -0.3 is 10.5 Å². The summed E-state index contributed by atoms with van der Waals surface area (Å²) < 4.78 is 5.13. The van der Waals surface area contributed by atoms with Gasteiger partial charge in [0.2, 0.25) is 5.91 Å². The van der Waals surface area contributed by atoms with E-state index >= 15 is 0 Å². The molecule has 0 radical (unpaired) electrons. The molecule has 1 heterocycles. The van der Waals surface area contributed by atoms with Crippen molar-refractivity contribution in [2.24, 2.45) is 5.73 Å². The van der Waals surface area contributed by atoms with Crippen LogP contribution in [0.1, 0.15) is 31.2 Å². The van der Waals surface area contributed by atoms with Crippen LogP contribution in [0.4, 0.5) is 4.79 Å². The van der Waals surface area contributed by atoms with Gasteiger partial charge >= 0.3 is 0 Å². The number of carbonyl (C=O) groups excluding carboxylic acids is 2. The molecule has 2 N–H and O–H groups in total. The number of carbonyl (C=O) groups is 2. The van der Waals surface area contributed by atoms with Crippen molar-refractivity contribution in [2.75, 3.05) is 13.7 Å². The lowest BCUT2D eigenvalue weighted by atomic mass is 10.2. The molecule has 24 heavy (non-hydrogen) atoms. The number of nitrogens with zero attached hydrogens (tertiary/aromatic N) is 1. The monoisotopic (exact) mass is 364 g/mol. The zero-order valence-electron chi connectivity index (χ0n) is 13.5. The Balaban J connectivity index is 1.92. The molecule has 0 atom stereocenters. The fraction of sp³-hybridized carbons (Fsp3) is 0.353. The van der Waals surface area contributed by atoms with Crippen LogP contribution in [-0.4, -0.2) is 34.7 Å². The molecule has 0 unspecified atom stereocenters. The van der Waals surface area contributed by atoms with Crippen LogP contribution in [0.2, 0.25) is 0 Å². The van der Waals surface area contributed by atoms with Crippen molar-refractivity contribution < 1.29 is 14.3 Å². The minimum atomic E-state index is -0.289. The lowest BCUT2D eigenvalue weighted by molar-refractivity contribution is -0.118. The molecule has 0 aromatic heterocycles. The molecule has 0 saturated carbocycles. The summed E-state index contributed by atoms with van der Waals surface area (Å²) in [7, 11) is 1.62. The first-order chi connectivity index (χ1) is 11.5. The van der Waals surface area contributed by atoms with Crippen LogP contribution < -0.4 is 10.5 Å². The number of ether oxygens (including phenoxy) is 1. The second kappa shape index (κ2) is 8.84. The molecule has 0 spiro atoms. The van der Waals surface area contributed by atoms with Crippen molar-refractivity contribution in [3.63, 3.8) is 0 Å². The predicted molar refractivity (Wildman–Crippen MR) is 101 cm³/mol. The quantitative estimate of drug-likeness (QED) is 0.434. The van der Waals surface area contributed by atoms with Gasteiger partial charge in [0.1, 0.15) is 10.7 Å². The fourth-order valence-electron chi connectivity index (χ4n) is 2.29. The molecule has 0 bridgehead atoms. The second-order valence-electron chi connectivity index (χ2n) is 5.38. The van der Waals surface area contributed by atoms with E-state index in [1.54, 1.807) is 12.0 Å². The molecule has 1 aliphatic heterocycles. The molecule has 0 aliphatic carbocycles. The lowest BCUT2D eigenvalue weighted by Gasteiger charge is -2.14. The number of amides is 2. The summed E-state index contributed by atoms with van der Waals surface area (Å²) in [5, 5.41) is -0.0466. The number of thioether (sulfide) groups is 1. The largest absolute Gasteiger partial charge is 0.497 e. The minimum absolute atomic E-state index is 0.0466. The van der Waals surface area contributed by atoms with E-state index < -0.39 is 0 Å². The van der Waals surface area contributed by atoms with Crippen molar-refractivity contribution in [1.82, 2.24) is 4.90 Å². The second-order valence-corrected chi connectivity index (χ2v) is 6.76. The van der Waals surface area contributed by atoms with Gasteiger partial charge in [0.15, 0.2) is 0 Å². The number of hydrogen-bond donors (Lipinski definition) is 1. The molecule has 2 rings (SSSR count). The number of benzene rings is 1. The first kappa shape index (κ1) is 18.5. The molecular formula is C17H20N2O3S2. The third-order valence-corrected chi connectivity index (χ3v) is 5.09. The van der Waals surface area contributed by atoms with Gasteiger partial charge in [-0.2, -0.15) is 0 Å². The van der Waals surface area contributed by atoms with Gasteiger partial charge in [-0.25, -0.2) is 0 Å². The third-order valence-electron chi connectivity index (χ3n) is 3.59. The predicted octanol–water partition coefficient (Wildman–Crippen LogP) is 3.58. The minimum Gasteiger partial charge on any atom is -0.497 e. The molecular weight excluding hydrogens is 344 g/mol. The maximum Gasteiger partial charge on any atom is 0.291 e. The van der Waals surface area contributed by atoms with Crippen molar-refractivity contribution in [3.05, 3.63) is 34.7 Å². The highest BCUT2D eigenvalue weighted by molar-refractivity contribution is 8.19. The Kier molecular flexibility index (Phi) is 6.81. The van der Waals surface area contributed by atoms with E-state index in [1.165, 1.54) is 0 Å². The van der Waals surface area contributed by atoms with Gasteiger partial charge in [0.05, 0.1) is 12.0 Å². The molecule has 1 saturated heterocycles. The standard InChI is InChI=1S/C17H20N2O3S2/c1-22-13-8-6-12(7-9-13)11-14-16(23)19(17(21)24-14)10-4-2-3-5-15(18)20/h6-9,11H,2-5,10H2,1H3,(H2,18,20)/b14-11-. The van der Waals surface area contributed by atoms with E-state index in [9.17, 15) is 9.59 Å². The highest BCUT2D eigenvalue weighted by atomic mass is 32.2. The Morgan fingerprint density at radius 1 is 1.29 bits per heavy atom. The van der Waals surface area contributed by atoms with E-state index in [-0.39, 0.29) is 11.1 Å². The van der Waals surface area contributed by atoms with E-state index in [0.29, 0.717) is 18.0 Å². The van der Waals surface area contributed by atoms with Crippen LogP contribution in [0.25, 0.3) is 6.08 Å². The molecule has 5 nitrogen and oxygen atoms in total. The maximum atomic E-state index is 12.1. The lowest BCUT2D eigenvalue weighted by Crippen LogP contribution is -2.28. The average Bonchev–Trinajstić information content (AvgIpc) is 2.82. The first-order valence-corrected chi connectivity index (χ1v) is 8.91. The van der Waals surface area contributed by atoms with Crippen molar-refractivity contribution in [3.8, 4) is 5.75 Å². The number of nitrogens with two attached hydrogens (primary N) is 1. The van der Waals surface area contributed by atoms with Gasteiger partial charge in [0, 0.05) is 13.0 Å². The topological polar surface area (TPSA) is 72.6 Å². The fourth-order valence-corrected chi connectivity index (χ4v) is 3.58. The Labute approximate surface area is 151 Å². The van der Waals surface area contributed by atoms with Gasteiger partial charge in [-0.15, -0.1) is 0 Å². The highest BCUT2D eigenvalue weighted by Crippen LogP contribution is 2.33. The zero-order chi connectivity index (χ0) is 17.5. The van der Waals surface area contributed by atoms with E-state index in [4.69, 9.17) is 22.7 Å². The van der Waals surface area contributed by atoms with Crippen LogP contribution in [0, 0.1) is 0 Å². The number of hydrogen-bond acceptors (Lipinski definition) is 5. The van der Waals surface area contributed by atoms with Crippen LogP contribution in [0.5, 0.6) is 5.75 Å². The van der Waals surface area contributed by atoms with E-state index in [2.05, 4.69) is 0 Å². The number of unbranched alkanes of at least 4 members (excludes halogenated alkanes) is 2. The van der Waals surface area contributed by atoms with E-state index in [1.807, 2.05) is 30.3 Å². The number of primary amides is 1. The Morgan fingerprint density at radius 2 is 2.00 bits per heavy atom. The summed E-state index contributed by atoms with van der Waals surface area (Å²) in [6, 6.07) is 7.58. The molecule has 1 aromatic rings. The van der Waals surface area contributed by atoms with Crippen LogP contribution in [0.3, 0.4) is 0 Å². The highest BCUT2D eigenvalue weighted by Gasteiger charge is 2.30. The van der Waals surface area contributed by atoms with Crippen molar-refractivity contribution >= 4 is 46.2 Å². The molecule has 128 valence electrons. The Morgan fingerprint density at radius 3 is 2.62 bits per heavy atom. The number of thiocarbonyl (C=S) groups is 1. The van der Waals surface area contributed by atoms with Gasteiger partial charge in [-0.3, -0.25) is 14.5 Å². The van der Waals surface area contributed by atoms with Crippen LogP contribution in [0.15, 0.2) is 29.2 Å². The molecule has 2 amide bonds. The summed E-state index contributed by atoms with van der Waals surface area (Å²) in [5.74, 6) is 0.496. The molecule has 7 heteroatoms. The van der Waals surface area contributed by atoms with Gasteiger partial charge in [-0.1, -0.05) is 30.8 Å². The van der Waals surface area contributed by atoms with E-state index in [0.717, 1.165) is 47.2 Å². The zero-order valence-corrected chi connectivity index (χ0v) is 15.1. The van der Waals surface area contributed by atoms with Crippen LogP contribution in [-0.2, 0) is 4.79 Å². The summed E-state index contributed by atoms with van der Waals surface area (Å²) >= 11 is 6.58. The summed E-state index contributed by atoms with van der Waals surface area (Å²) in [6.07, 6.45) is 4.69. The normalized spacial score (nSPS) is 16.0.